The number of amides is 2. The summed E-state index contributed by atoms with van der Waals surface area (Å²) in [5, 5.41) is 2.83. The monoisotopic (exact) mass is 222 g/mol. The van der Waals surface area contributed by atoms with E-state index in [1.807, 2.05) is 5.38 Å². The molecule has 0 N–H and O–H groups in total. The third kappa shape index (κ3) is 1.97. The molecule has 0 atom stereocenters. The molecule has 1 aliphatic heterocycles. The van der Waals surface area contributed by atoms with Gasteiger partial charge < -0.3 is 0 Å². The molecular weight excluding hydrogens is 212 g/mol. The number of hydrogen-bond donors (Lipinski definition) is 0. The zero-order valence-corrected chi connectivity index (χ0v) is 9.08. The summed E-state index contributed by atoms with van der Waals surface area (Å²) in [4.78, 5) is 28.2. The van der Waals surface area contributed by atoms with E-state index in [1.165, 1.54) is 22.3 Å². The third-order valence-electron chi connectivity index (χ3n) is 2.22. The topological polar surface area (TPSA) is 50.3 Å². The fourth-order valence-electron chi connectivity index (χ4n) is 1.43. The van der Waals surface area contributed by atoms with E-state index in [1.54, 1.807) is 13.1 Å². The van der Waals surface area contributed by atoms with Gasteiger partial charge in [0.15, 0.2) is 0 Å². The Bertz CT molecular complexity index is 423. The lowest BCUT2D eigenvalue weighted by atomic mass is 10.3. The van der Waals surface area contributed by atoms with Crippen molar-refractivity contribution in [2.45, 2.75) is 13.3 Å². The smallest absolute Gasteiger partial charge is 0.256 e. The Morgan fingerprint density at radius 1 is 1.47 bits per heavy atom. The average molecular weight is 222 g/mol. The van der Waals surface area contributed by atoms with Gasteiger partial charge in [-0.1, -0.05) is 0 Å². The quantitative estimate of drug-likeness (QED) is 0.717. The molecule has 0 unspecified atom stereocenters. The Labute approximate surface area is 91.2 Å². The largest absolute Gasteiger partial charge is 0.275 e. The van der Waals surface area contributed by atoms with Crippen LogP contribution in [0.25, 0.3) is 0 Å². The Kier molecular flexibility index (Phi) is 2.64. The zero-order valence-electron chi connectivity index (χ0n) is 8.27. The van der Waals surface area contributed by atoms with E-state index < -0.39 is 0 Å². The normalized spacial score (nSPS) is 16.1. The van der Waals surface area contributed by atoms with E-state index in [0.29, 0.717) is 18.5 Å². The molecule has 5 heteroatoms. The summed E-state index contributed by atoms with van der Waals surface area (Å²) < 4.78 is 0. The van der Waals surface area contributed by atoms with Crippen molar-refractivity contribution in [2.75, 3.05) is 6.54 Å². The molecule has 15 heavy (non-hydrogen) atoms. The maximum Gasteiger partial charge on any atom is 0.256 e. The summed E-state index contributed by atoms with van der Waals surface area (Å²) in [6.45, 7) is 2.07. The van der Waals surface area contributed by atoms with Gasteiger partial charge in [-0.25, -0.2) is 4.98 Å². The summed E-state index contributed by atoms with van der Waals surface area (Å²) in [5.74, 6) is -0.398. The number of thiazole rings is 1. The number of carbonyl (C=O) groups is 2. The van der Waals surface area contributed by atoms with Crippen LogP contribution in [0.3, 0.4) is 0 Å². The highest BCUT2D eigenvalue weighted by Gasteiger charge is 2.27. The average Bonchev–Trinajstić information content (AvgIpc) is 2.76. The molecule has 2 amide bonds. The van der Waals surface area contributed by atoms with E-state index in [9.17, 15) is 9.59 Å². The first-order valence-electron chi connectivity index (χ1n) is 4.61. The van der Waals surface area contributed by atoms with Crippen LogP contribution in [0, 0.1) is 0 Å². The fraction of sp³-hybridized carbons (Fsp3) is 0.300. The molecule has 0 aromatic carbocycles. The van der Waals surface area contributed by atoms with E-state index >= 15 is 0 Å². The Morgan fingerprint density at radius 2 is 2.27 bits per heavy atom. The lowest BCUT2D eigenvalue weighted by Gasteiger charge is -2.12. The number of rotatable bonds is 3. The molecule has 2 heterocycles. The van der Waals surface area contributed by atoms with Gasteiger partial charge in [0, 0.05) is 36.2 Å². The first-order valence-corrected chi connectivity index (χ1v) is 5.49. The molecule has 1 aromatic rings. The van der Waals surface area contributed by atoms with Crippen molar-refractivity contribution in [3.05, 3.63) is 28.2 Å². The van der Waals surface area contributed by atoms with Gasteiger partial charge in [-0.2, -0.15) is 0 Å². The molecule has 1 aliphatic rings. The van der Waals surface area contributed by atoms with E-state index in [-0.39, 0.29) is 11.8 Å². The summed E-state index contributed by atoms with van der Waals surface area (Å²) in [7, 11) is 0. The molecule has 1 aromatic heterocycles. The molecule has 0 fully saturated rings. The zero-order chi connectivity index (χ0) is 10.8. The molecule has 0 bridgehead atoms. The first-order chi connectivity index (χ1) is 7.18. The van der Waals surface area contributed by atoms with Gasteiger partial charge in [0.25, 0.3) is 11.8 Å². The minimum Gasteiger partial charge on any atom is -0.275 e. The maximum absolute atomic E-state index is 11.5. The first kappa shape index (κ1) is 10.0. The summed E-state index contributed by atoms with van der Waals surface area (Å²) in [5.41, 5.74) is 0.513. The highest BCUT2D eigenvalue weighted by Crippen LogP contribution is 2.13. The van der Waals surface area contributed by atoms with Crippen molar-refractivity contribution in [3.8, 4) is 0 Å². The lowest BCUT2D eigenvalue weighted by molar-refractivity contribution is -0.137. The summed E-state index contributed by atoms with van der Waals surface area (Å²) in [6.07, 6.45) is 3.73. The maximum atomic E-state index is 11.5. The van der Waals surface area contributed by atoms with Crippen LogP contribution in [0.2, 0.25) is 0 Å². The second-order valence-electron chi connectivity index (χ2n) is 3.30. The van der Waals surface area contributed by atoms with Crippen molar-refractivity contribution in [2.24, 2.45) is 0 Å². The van der Waals surface area contributed by atoms with Crippen molar-refractivity contribution >= 4 is 23.2 Å². The highest BCUT2D eigenvalue weighted by atomic mass is 32.1. The van der Waals surface area contributed by atoms with E-state index in [2.05, 4.69) is 4.98 Å². The lowest BCUT2D eigenvalue weighted by Crippen LogP contribution is -2.32. The van der Waals surface area contributed by atoms with Crippen molar-refractivity contribution in [1.82, 2.24) is 9.88 Å². The van der Waals surface area contributed by atoms with Gasteiger partial charge in [0.2, 0.25) is 0 Å². The SMILES string of the molecule is CC1=CC(=O)N(CCc2nccs2)C1=O. The highest BCUT2D eigenvalue weighted by molar-refractivity contribution is 7.09. The van der Waals surface area contributed by atoms with Crippen LogP contribution in [0.5, 0.6) is 0 Å². The van der Waals surface area contributed by atoms with Crippen molar-refractivity contribution in [1.29, 1.82) is 0 Å². The van der Waals surface area contributed by atoms with Crippen LogP contribution in [0.4, 0.5) is 0 Å². The Morgan fingerprint density at radius 3 is 2.80 bits per heavy atom. The molecule has 0 saturated carbocycles. The standard InChI is InChI=1S/C10H10N2O2S/c1-7-6-9(13)12(10(7)14)4-2-8-11-3-5-15-8/h3,5-6H,2,4H2,1H3. The van der Waals surface area contributed by atoms with Crippen LogP contribution in [-0.4, -0.2) is 28.2 Å². The molecule has 0 aliphatic carbocycles. The minimum atomic E-state index is -0.214. The van der Waals surface area contributed by atoms with Crippen LogP contribution < -0.4 is 0 Å². The predicted octanol–water partition coefficient (Wildman–Crippen LogP) is 1.00. The molecule has 0 radical (unpaired) electrons. The number of imide groups is 1. The molecule has 78 valence electrons. The van der Waals surface area contributed by atoms with Gasteiger partial charge >= 0.3 is 0 Å². The van der Waals surface area contributed by atoms with Crippen molar-refractivity contribution in [3.63, 3.8) is 0 Å². The van der Waals surface area contributed by atoms with Crippen LogP contribution >= 0.6 is 11.3 Å². The number of carbonyl (C=O) groups excluding carboxylic acids is 2. The van der Waals surface area contributed by atoms with Crippen molar-refractivity contribution < 1.29 is 9.59 Å². The number of hydrogen-bond acceptors (Lipinski definition) is 4. The molecule has 2 rings (SSSR count). The van der Waals surface area contributed by atoms with Gasteiger partial charge in [0.1, 0.15) is 0 Å². The summed E-state index contributed by atoms with van der Waals surface area (Å²) in [6, 6.07) is 0. The van der Waals surface area contributed by atoms with Gasteiger partial charge in [0.05, 0.1) is 5.01 Å². The van der Waals surface area contributed by atoms with Crippen LogP contribution in [0.15, 0.2) is 23.2 Å². The van der Waals surface area contributed by atoms with E-state index in [0.717, 1.165) is 5.01 Å². The van der Waals surface area contributed by atoms with Gasteiger partial charge in [-0.3, -0.25) is 14.5 Å². The second kappa shape index (κ2) is 3.94. The fourth-order valence-corrected chi connectivity index (χ4v) is 2.04. The van der Waals surface area contributed by atoms with Gasteiger partial charge in [-0.15, -0.1) is 11.3 Å². The third-order valence-corrected chi connectivity index (χ3v) is 3.06. The molecule has 4 nitrogen and oxygen atoms in total. The molecule has 0 spiro atoms. The summed E-state index contributed by atoms with van der Waals surface area (Å²) >= 11 is 1.53. The van der Waals surface area contributed by atoms with Crippen LogP contribution in [-0.2, 0) is 16.0 Å². The Balaban J connectivity index is 1.97. The minimum absolute atomic E-state index is 0.184. The molecular formula is C10H10N2O2S. The van der Waals surface area contributed by atoms with Crippen LogP contribution in [0.1, 0.15) is 11.9 Å². The predicted molar refractivity (Wildman–Crippen MR) is 56.3 cm³/mol. The van der Waals surface area contributed by atoms with Gasteiger partial charge in [-0.05, 0) is 6.92 Å². The number of nitrogens with zero attached hydrogens (tertiary/aromatic N) is 2. The second-order valence-corrected chi connectivity index (χ2v) is 4.28. The Hall–Kier alpha value is -1.49. The molecule has 0 saturated heterocycles. The van der Waals surface area contributed by atoms with E-state index in [4.69, 9.17) is 0 Å². The number of aromatic nitrogens is 1.